The van der Waals surface area contributed by atoms with Crippen molar-refractivity contribution in [3.63, 3.8) is 0 Å². The summed E-state index contributed by atoms with van der Waals surface area (Å²) in [6, 6.07) is 2.27. The molecular weight excluding hydrogens is 209 g/mol. The lowest BCUT2D eigenvalue weighted by Gasteiger charge is -2.05. The molecule has 4 nitrogen and oxygen atoms in total. The second kappa shape index (κ2) is 3.38. The number of hydrogen-bond acceptors (Lipinski definition) is 4. The van der Waals surface area contributed by atoms with E-state index in [2.05, 4.69) is 0 Å². The molecule has 0 spiro atoms. The summed E-state index contributed by atoms with van der Waals surface area (Å²) < 4.78 is 34.0. The topological polar surface area (TPSA) is 77.2 Å². The minimum absolute atomic E-state index is 0.0360. The van der Waals surface area contributed by atoms with Crippen molar-refractivity contribution in [3.05, 3.63) is 23.3 Å². The highest BCUT2D eigenvalue weighted by Gasteiger charge is 2.18. The summed E-state index contributed by atoms with van der Waals surface area (Å²) in [4.78, 5) is 9.93. The number of carbonyl (C=O) groups excluding carboxylic acids is 1. The first kappa shape index (κ1) is 10.6. The zero-order valence-electron chi connectivity index (χ0n) is 7.32. The van der Waals surface area contributed by atoms with E-state index in [0.29, 0.717) is 6.29 Å². The first-order valence-electron chi connectivity index (χ1n) is 3.66. The van der Waals surface area contributed by atoms with Gasteiger partial charge in [0.15, 0.2) is 0 Å². The minimum atomic E-state index is -4.83. The van der Waals surface area contributed by atoms with Crippen molar-refractivity contribution in [1.82, 2.24) is 0 Å². The maximum absolute atomic E-state index is 12.7. The summed E-state index contributed by atoms with van der Waals surface area (Å²) in [5.74, 6) is 0. The van der Waals surface area contributed by atoms with Crippen LogP contribution >= 0.6 is 0 Å². The van der Waals surface area contributed by atoms with E-state index in [1.807, 2.05) is 0 Å². The van der Waals surface area contributed by atoms with Gasteiger partial charge in [0.2, 0.25) is 0 Å². The van der Waals surface area contributed by atoms with Crippen molar-refractivity contribution in [2.75, 3.05) is 5.73 Å². The molecule has 0 atom stereocenters. The Balaban J connectivity index is 3.61. The molecule has 0 amide bonds. The zero-order valence-corrected chi connectivity index (χ0v) is 8.14. The van der Waals surface area contributed by atoms with Crippen LogP contribution in [0.1, 0.15) is 15.9 Å². The van der Waals surface area contributed by atoms with Crippen molar-refractivity contribution in [1.29, 1.82) is 0 Å². The molecule has 0 aliphatic heterocycles. The maximum Gasteiger partial charge on any atom is 0.332 e. The molecule has 0 aliphatic carbocycles. The van der Waals surface area contributed by atoms with Gasteiger partial charge in [0.25, 0.3) is 0 Å². The highest BCUT2D eigenvalue weighted by Crippen LogP contribution is 2.23. The molecule has 0 saturated heterocycles. The van der Waals surface area contributed by atoms with E-state index in [1.165, 1.54) is 13.0 Å². The Morgan fingerprint density at radius 3 is 2.43 bits per heavy atom. The van der Waals surface area contributed by atoms with Crippen LogP contribution < -0.4 is 5.73 Å². The average Bonchev–Trinajstić information content (AvgIpc) is 2.06. The van der Waals surface area contributed by atoms with Crippen LogP contribution in [0.25, 0.3) is 0 Å². The van der Waals surface area contributed by atoms with Crippen LogP contribution in [0.15, 0.2) is 17.0 Å². The van der Waals surface area contributed by atoms with E-state index >= 15 is 0 Å². The number of anilines is 1. The second-order valence-corrected chi connectivity index (χ2v) is 4.10. The van der Waals surface area contributed by atoms with E-state index < -0.39 is 15.1 Å². The molecule has 76 valence electrons. The summed E-state index contributed by atoms with van der Waals surface area (Å²) in [5, 5.41) is 0. The van der Waals surface area contributed by atoms with Crippen LogP contribution in [0.3, 0.4) is 0 Å². The van der Waals surface area contributed by atoms with Gasteiger partial charge in [-0.15, -0.1) is 3.89 Å². The number of nitrogens with two attached hydrogens (primary N) is 1. The van der Waals surface area contributed by atoms with Gasteiger partial charge in [-0.2, -0.15) is 8.42 Å². The van der Waals surface area contributed by atoms with Gasteiger partial charge in [0, 0.05) is 11.3 Å². The van der Waals surface area contributed by atoms with Gasteiger partial charge in [-0.25, -0.2) is 0 Å². The number of carbonyl (C=O) groups is 1. The Morgan fingerprint density at radius 1 is 1.43 bits per heavy atom. The quantitative estimate of drug-likeness (QED) is 0.456. The molecule has 14 heavy (non-hydrogen) atoms. The number of nitrogen functional groups attached to an aromatic ring is 1. The maximum atomic E-state index is 12.7. The van der Waals surface area contributed by atoms with E-state index in [1.54, 1.807) is 0 Å². The summed E-state index contributed by atoms with van der Waals surface area (Å²) >= 11 is 0. The lowest BCUT2D eigenvalue weighted by molar-refractivity contribution is 0.112. The summed E-state index contributed by atoms with van der Waals surface area (Å²) in [5.41, 5.74) is 5.48. The van der Waals surface area contributed by atoms with Gasteiger partial charge < -0.3 is 5.73 Å². The Bertz CT molecular complexity index is 482. The highest BCUT2D eigenvalue weighted by atomic mass is 32.3. The minimum Gasteiger partial charge on any atom is -0.399 e. The van der Waals surface area contributed by atoms with E-state index in [4.69, 9.17) is 5.73 Å². The van der Waals surface area contributed by atoms with Gasteiger partial charge in [0.05, 0.1) is 0 Å². The molecule has 2 N–H and O–H groups in total. The fraction of sp³-hybridized carbons (Fsp3) is 0.125. The predicted octanol–water partition coefficient (Wildman–Crippen LogP) is 1.05. The third-order valence-corrected chi connectivity index (χ3v) is 2.76. The van der Waals surface area contributed by atoms with Crippen molar-refractivity contribution < 1.29 is 17.1 Å². The lowest BCUT2D eigenvalue weighted by atomic mass is 10.1. The third-order valence-electron chi connectivity index (χ3n) is 1.81. The van der Waals surface area contributed by atoms with Gasteiger partial charge in [-0.3, -0.25) is 4.79 Å². The molecular formula is C8H8FNO3S. The predicted molar refractivity (Wildman–Crippen MR) is 49.3 cm³/mol. The normalized spacial score (nSPS) is 11.3. The van der Waals surface area contributed by atoms with Crippen molar-refractivity contribution in [2.24, 2.45) is 0 Å². The molecule has 1 aromatic carbocycles. The van der Waals surface area contributed by atoms with Crippen molar-refractivity contribution in [3.8, 4) is 0 Å². The van der Waals surface area contributed by atoms with Crippen LogP contribution in [0.2, 0.25) is 0 Å². The van der Waals surface area contributed by atoms with Gasteiger partial charge >= 0.3 is 10.2 Å². The van der Waals surface area contributed by atoms with Crippen LogP contribution in [0.4, 0.5) is 9.57 Å². The van der Waals surface area contributed by atoms with Crippen molar-refractivity contribution in [2.45, 2.75) is 11.8 Å². The number of halogens is 1. The molecule has 0 radical (unpaired) electrons. The van der Waals surface area contributed by atoms with E-state index in [0.717, 1.165) is 6.07 Å². The zero-order chi connectivity index (χ0) is 10.9. The highest BCUT2D eigenvalue weighted by molar-refractivity contribution is 7.86. The first-order valence-corrected chi connectivity index (χ1v) is 5.04. The van der Waals surface area contributed by atoms with Crippen LogP contribution in [0.5, 0.6) is 0 Å². The van der Waals surface area contributed by atoms with Gasteiger partial charge in [0.1, 0.15) is 11.2 Å². The van der Waals surface area contributed by atoms with E-state index in [-0.39, 0.29) is 16.8 Å². The summed E-state index contributed by atoms with van der Waals surface area (Å²) in [6.07, 6.45) is 0.431. The average molecular weight is 217 g/mol. The second-order valence-electron chi connectivity index (χ2n) is 2.79. The number of rotatable bonds is 2. The molecule has 0 heterocycles. The molecule has 0 unspecified atom stereocenters. The monoisotopic (exact) mass is 217 g/mol. The van der Waals surface area contributed by atoms with Crippen LogP contribution in [-0.2, 0) is 10.2 Å². The number of aldehydes is 1. The largest absolute Gasteiger partial charge is 0.399 e. The fourth-order valence-corrected chi connectivity index (χ4v) is 1.87. The van der Waals surface area contributed by atoms with Gasteiger partial charge in [-0.1, -0.05) is 0 Å². The third kappa shape index (κ3) is 1.90. The smallest absolute Gasteiger partial charge is 0.332 e. The Morgan fingerprint density at radius 2 is 2.00 bits per heavy atom. The van der Waals surface area contributed by atoms with Crippen LogP contribution in [-0.4, -0.2) is 14.7 Å². The lowest BCUT2D eigenvalue weighted by Crippen LogP contribution is -2.01. The molecule has 1 aromatic rings. The molecule has 0 saturated carbocycles. The van der Waals surface area contributed by atoms with Crippen LogP contribution in [0, 0.1) is 6.92 Å². The fourth-order valence-electron chi connectivity index (χ4n) is 1.11. The molecule has 0 aliphatic rings. The molecule has 1 rings (SSSR count). The molecule has 0 bridgehead atoms. The number of hydrogen-bond donors (Lipinski definition) is 1. The van der Waals surface area contributed by atoms with Crippen molar-refractivity contribution >= 4 is 22.2 Å². The number of benzene rings is 1. The summed E-state index contributed by atoms with van der Waals surface area (Å²) in [6.45, 7) is 1.34. The standard InChI is InChI=1S/C8H8FNO3S/c1-5-6(4-11)2-7(10)3-8(5)14(9,12)13/h2-4H,10H2,1H3. The molecule has 0 fully saturated rings. The Labute approximate surface area is 80.7 Å². The Kier molecular flexibility index (Phi) is 2.57. The Hall–Kier alpha value is -1.43. The first-order chi connectivity index (χ1) is 6.36. The SMILES string of the molecule is Cc1c(C=O)cc(N)cc1S(=O)(=O)F. The van der Waals surface area contributed by atoms with Gasteiger partial charge in [-0.05, 0) is 24.6 Å². The molecule has 0 aromatic heterocycles. The molecule has 6 heteroatoms. The summed E-state index contributed by atoms with van der Waals surface area (Å²) in [7, 11) is -4.83. The van der Waals surface area contributed by atoms with E-state index in [9.17, 15) is 17.1 Å².